The summed E-state index contributed by atoms with van der Waals surface area (Å²) in [6.07, 6.45) is 9.60. The van der Waals surface area contributed by atoms with Crippen molar-refractivity contribution in [1.29, 1.82) is 0 Å². The van der Waals surface area contributed by atoms with Crippen LogP contribution in [0.4, 0.5) is 0 Å². The van der Waals surface area contributed by atoms with E-state index in [9.17, 15) is 9.90 Å². The van der Waals surface area contributed by atoms with E-state index in [1.165, 1.54) is 12.8 Å². The molecule has 2 fully saturated rings. The Labute approximate surface area is 230 Å². The number of hydrogen-bond donors (Lipinski definition) is 2. The van der Waals surface area contributed by atoms with E-state index in [0.717, 1.165) is 31.3 Å². The van der Waals surface area contributed by atoms with E-state index in [2.05, 4.69) is 43.3 Å². The molecule has 2 aromatic rings. The molecular formula is C29H40Cl2N4O2. The molecule has 4 rings (SSSR count). The number of aromatic nitrogens is 3. The molecule has 0 aliphatic heterocycles. The summed E-state index contributed by atoms with van der Waals surface area (Å²) in [6, 6.07) is 5.18. The molecule has 2 saturated carbocycles. The maximum absolute atomic E-state index is 12.6. The Hall–Kier alpha value is -1.89. The van der Waals surface area contributed by atoms with Crippen LogP contribution in [0.3, 0.4) is 0 Å². The van der Waals surface area contributed by atoms with Crippen LogP contribution in [0.1, 0.15) is 78.8 Å². The SMILES string of the molecule is C/C(=C\C(=O)NCc1cn(-c2ccc(Cl)cc2Cl)nn1)CC[C@@H]1C(C)CC[C@@H]2C(C)(C)[C@H](O)CC[C@@]12C. The predicted molar refractivity (Wildman–Crippen MR) is 149 cm³/mol. The fourth-order valence-corrected chi connectivity index (χ4v) is 7.68. The van der Waals surface area contributed by atoms with Crippen LogP contribution in [-0.4, -0.2) is 32.1 Å². The summed E-state index contributed by atoms with van der Waals surface area (Å²) in [7, 11) is 0. The van der Waals surface area contributed by atoms with E-state index in [4.69, 9.17) is 23.2 Å². The quantitative estimate of drug-likeness (QED) is 0.375. The molecule has 1 unspecified atom stereocenters. The van der Waals surface area contributed by atoms with Crippen molar-refractivity contribution in [3.05, 3.63) is 51.8 Å². The zero-order valence-electron chi connectivity index (χ0n) is 22.6. The third kappa shape index (κ3) is 5.91. The Kier molecular flexibility index (Phi) is 8.42. The number of hydrogen-bond acceptors (Lipinski definition) is 4. The molecule has 0 radical (unpaired) electrons. The molecule has 202 valence electrons. The average molecular weight is 548 g/mol. The highest BCUT2D eigenvalue weighted by Gasteiger charge is 2.56. The van der Waals surface area contributed by atoms with Gasteiger partial charge >= 0.3 is 0 Å². The molecular weight excluding hydrogens is 507 g/mol. The van der Waals surface area contributed by atoms with Crippen LogP contribution in [0, 0.1) is 28.6 Å². The van der Waals surface area contributed by atoms with Crippen LogP contribution in [0.2, 0.25) is 10.0 Å². The minimum absolute atomic E-state index is 0.0447. The van der Waals surface area contributed by atoms with Gasteiger partial charge in [0.1, 0.15) is 5.69 Å². The second-order valence-corrected chi connectivity index (χ2v) is 12.9. The third-order valence-corrected chi connectivity index (χ3v) is 9.86. The summed E-state index contributed by atoms with van der Waals surface area (Å²) >= 11 is 12.2. The summed E-state index contributed by atoms with van der Waals surface area (Å²) in [5, 5.41) is 22.9. The molecule has 1 amide bonds. The molecule has 1 aromatic carbocycles. The van der Waals surface area contributed by atoms with Gasteiger partial charge in [-0.15, -0.1) is 5.10 Å². The number of carbonyl (C=O) groups is 1. The van der Waals surface area contributed by atoms with Gasteiger partial charge in [0.2, 0.25) is 5.91 Å². The standard InChI is InChI=1S/C29H40Cl2N4O2/c1-18(6-9-22-19(2)7-11-25-28(3,4)26(36)12-13-29(22,25)5)14-27(37)32-16-21-17-35(34-33-21)24-10-8-20(30)15-23(24)31/h8,10,14-15,17,19,22,25-26,36H,6-7,9,11-13,16H2,1-5H3,(H,32,37)/b18-14+/t19?,22-,25-,26-,29+/m1/s1. The van der Waals surface area contributed by atoms with Crippen molar-refractivity contribution in [2.75, 3.05) is 0 Å². The molecule has 1 heterocycles. The minimum Gasteiger partial charge on any atom is -0.393 e. The normalized spacial score (nSPS) is 29.6. The molecule has 5 atom stereocenters. The summed E-state index contributed by atoms with van der Waals surface area (Å²) < 4.78 is 1.58. The topological polar surface area (TPSA) is 80.0 Å². The van der Waals surface area contributed by atoms with Crippen molar-refractivity contribution < 1.29 is 9.90 Å². The van der Waals surface area contributed by atoms with Crippen LogP contribution in [-0.2, 0) is 11.3 Å². The Morgan fingerprint density at radius 1 is 1.24 bits per heavy atom. The first kappa shape index (κ1) is 28.1. The number of nitrogens with zero attached hydrogens (tertiary/aromatic N) is 3. The van der Waals surface area contributed by atoms with Gasteiger partial charge in [0, 0.05) is 11.1 Å². The number of benzene rings is 1. The lowest BCUT2D eigenvalue weighted by molar-refractivity contribution is -0.149. The van der Waals surface area contributed by atoms with Crippen molar-refractivity contribution in [3.63, 3.8) is 0 Å². The van der Waals surface area contributed by atoms with E-state index >= 15 is 0 Å². The summed E-state index contributed by atoms with van der Waals surface area (Å²) in [5.41, 5.74) is 2.60. The van der Waals surface area contributed by atoms with Crippen molar-refractivity contribution >= 4 is 29.1 Å². The maximum Gasteiger partial charge on any atom is 0.244 e. The number of halogens is 2. The summed E-state index contributed by atoms with van der Waals surface area (Å²) in [5.74, 6) is 1.66. The average Bonchev–Trinajstić information content (AvgIpc) is 3.28. The Balaban J connectivity index is 1.33. The first-order valence-corrected chi connectivity index (χ1v) is 14.2. The number of fused-ring (bicyclic) bond motifs is 1. The van der Waals surface area contributed by atoms with Crippen LogP contribution in [0.25, 0.3) is 5.69 Å². The first-order valence-electron chi connectivity index (χ1n) is 13.4. The highest BCUT2D eigenvalue weighted by atomic mass is 35.5. The molecule has 2 aliphatic carbocycles. The van der Waals surface area contributed by atoms with Gasteiger partial charge in [-0.3, -0.25) is 4.79 Å². The first-order chi connectivity index (χ1) is 17.4. The lowest BCUT2D eigenvalue weighted by atomic mass is 9.45. The fraction of sp³-hybridized carbons (Fsp3) is 0.621. The van der Waals surface area contributed by atoms with Gasteiger partial charge < -0.3 is 10.4 Å². The van der Waals surface area contributed by atoms with Crippen LogP contribution >= 0.6 is 23.2 Å². The fourth-order valence-electron chi connectivity index (χ4n) is 7.19. The largest absolute Gasteiger partial charge is 0.393 e. The highest BCUT2D eigenvalue weighted by Crippen LogP contribution is 2.62. The molecule has 1 aromatic heterocycles. The molecule has 37 heavy (non-hydrogen) atoms. The van der Waals surface area contributed by atoms with Crippen LogP contribution < -0.4 is 5.32 Å². The number of allylic oxidation sites excluding steroid dienone is 1. The lowest BCUT2D eigenvalue weighted by Gasteiger charge is -2.60. The van der Waals surface area contributed by atoms with E-state index < -0.39 is 0 Å². The predicted octanol–water partition coefficient (Wildman–Crippen LogP) is 6.77. The van der Waals surface area contributed by atoms with Gasteiger partial charge in [0.25, 0.3) is 0 Å². The van der Waals surface area contributed by atoms with Gasteiger partial charge in [0.05, 0.1) is 29.6 Å². The molecule has 8 heteroatoms. The van der Waals surface area contributed by atoms with Crippen molar-refractivity contribution in [2.24, 2.45) is 28.6 Å². The number of carbonyl (C=O) groups excluding carboxylic acids is 1. The van der Waals surface area contributed by atoms with E-state index in [-0.39, 0.29) is 29.4 Å². The van der Waals surface area contributed by atoms with Crippen molar-refractivity contribution in [2.45, 2.75) is 85.8 Å². The van der Waals surface area contributed by atoms with E-state index in [1.807, 2.05) is 6.92 Å². The molecule has 2 aliphatic rings. The molecule has 2 N–H and O–H groups in total. The van der Waals surface area contributed by atoms with Crippen molar-refractivity contribution in [1.82, 2.24) is 20.3 Å². The van der Waals surface area contributed by atoms with E-state index in [0.29, 0.717) is 39.2 Å². The Bertz CT molecular complexity index is 1160. The monoisotopic (exact) mass is 546 g/mol. The second kappa shape index (κ2) is 11.1. The lowest BCUT2D eigenvalue weighted by Crippen LogP contribution is -2.55. The van der Waals surface area contributed by atoms with Crippen molar-refractivity contribution in [3.8, 4) is 5.69 Å². The molecule has 0 bridgehead atoms. The molecule has 0 saturated heterocycles. The van der Waals surface area contributed by atoms with Gasteiger partial charge in [0.15, 0.2) is 0 Å². The smallest absolute Gasteiger partial charge is 0.244 e. The van der Waals surface area contributed by atoms with Gasteiger partial charge in [-0.1, -0.05) is 68.1 Å². The number of aliphatic hydroxyl groups is 1. The highest BCUT2D eigenvalue weighted by molar-refractivity contribution is 6.35. The van der Waals surface area contributed by atoms with Gasteiger partial charge in [-0.25, -0.2) is 4.68 Å². The Morgan fingerprint density at radius 2 is 2.00 bits per heavy atom. The van der Waals surface area contributed by atoms with Gasteiger partial charge in [-0.2, -0.15) is 0 Å². The zero-order chi connectivity index (χ0) is 27.0. The maximum atomic E-state index is 12.6. The number of aliphatic hydroxyl groups excluding tert-OH is 1. The summed E-state index contributed by atoms with van der Waals surface area (Å²) in [4.78, 5) is 12.6. The number of nitrogens with one attached hydrogen (secondary N) is 1. The van der Waals surface area contributed by atoms with E-state index in [1.54, 1.807) is 35.2 Å². The second-order valence-electron chi connectivity index (χ2n) is 12.1. The number of rotatable bonds is 7. The Morgan fingerprint density at radius 3 is 2.73 bits per heavy atom. The third-order valence-electron chi connectivity index (χ3n) is 9.32. The number of amides is 1. The zero-order valence-corrected chi connectivity index (χ0v) is 24.1. The van der Waals surface area contributed by atoms with Crippen LogP contribution in [0.15, 0.2) is 36.0 Å². The van der Waals surface area contributed by atoms with Gasteiger partial charge in [-0.05, 0) is 85.8 Å². The van der Waals surface area contributed by atoms with Crippen LogP contribution in [0.5, 0.6) is 0 Å². The molecule has 0 spiro atoms. The molecule has 6 nitrogen and oxygen atoms in total. The summed E-state index contributed by atoms with van der Waals surface area (Å²) in [6.45, 7) is 11.7. The minimum atomic E-state index is -0.213.